The van der Waals surface area contributed by atoms with Crippen LogP contribution in [-0.2, 0) is 14.3 Å². The van der Waals surface area contributed by atoms with Gasteiger partial charge in [0.25, 0.3) is 0 Å². The van der Waals surface area contributed by atoms with Gasteiger partial charge in [0, 0.05) is 30.8 Å². The van der Waals surface area contributed by atoms with E-state index in [2.05, 4.69) is 15.3 Å². The fraction of sp³-hybridized carbons (Fsp3) is 0.286. The second-order valence-corrected chi connectivity index (χ2v) is 4.11. The highest BCUT2D eigenvalue weighted by atomic mass is 16.5. The Kier molecular flexibility index (Phi) is 5.28. The molecule has 2 aromatic rings. The summed E-state index contributed by atoms with van der Waals surface area (Å²) in [5, 5.41) is 2.76. The Morgan fingerprint density at radius 3 is 2.75 bits per heavy atom. The molecule has 0 bridgehead atoms. The molecule has 106 valence electrons. The number of methoxy groups -OCH3 is 1. The molecule has 0 saturated carbocycles. The normalized spacial score (nSPS) is 10.4. The first-order chi connectivity index (χ1) is 9.79. The van der Waals surface area contributed by atoms with Crippen molar-refractivity contribution in [2.45, 2.75) is 0 Å². The summed E-state index contributed by atoms with van der Waals surface area (Å²) < 4.78 is 9.96. The van der Waals surface area contributed by atoms with Gasteiger partial charge in [0.1, 0.15) is 12.4 Å². The molecule has 0 aliphatic rings. The number of anilines is 1. The van der Waals surface area contributed by atoms with E-state index in [9.17, 15) is 4.79 Å². The third-order valence-corrected chi connectivity index (χ3v) is 2.61. The molecule has 0 fully saturated rings. The minimum Gasteiger partial charge on any atom is -0.382 e. The molecule has 0 atom stereocenters. The molecule has 1 aromatic carbocycles. The lowest BCUT2D eigenvalue weighted by Crippen LogP contribution is -2.19. The van der Waals surface area contributed by atoms with Crippen molar-refractivity contribution in [3.63, 3.8) is 0 Å². The fourth-order valence-corrected chi connectivity index (χ4v) is 1.64. The van der Waals surface area contributed by atoms with Crippen molar-refractivity contribution in [2.24, 2.45) is 0 Å². The zero-order valence-corrected chi connectivity index (χ0v) is 11.3. The number of ether oxygens (including phenoxy) is 2. The first-order valence-electron chi connectivity index (χ1n) is 6.26. The van der Waals surface area contributed by atoms with E-state index in [4.69, 9.17) is 9.47 Å². The minimum absolute atomic E-state index is 0.0172. The molecule has 0 aliphatic carbocycles. The van der Waals surface area contributed by atoms with Gasteiger partial charge < -0.3 is 19.8 Å². The number of hydrogen-bond donors (Lipinski definition) is 2. The van der Waals surface area contributed by atoms with E-state index >= 15 is 0 Å². The van der Waals surface area contributed by atoms with Crippen LogP contribution in [0.1, 0.15) is 0 Å². The van der Waals surface area contributed by atoms with Crippen LogP contribution < -0.4 is 5.32 Å². The second-order valence-electron chi connectivity index (χ2n) is 4.11. The highest BCUT2D eigenvalue weighted by molar-refractivity contribution is 5.91. The molecule has 1 heterocycles. The smallest absolute Gasteiger partial charge is 0.250 e. The van der Waals surface area contributed by atoms with Crippen molar-refractivity contribution < 1.29 is 14.3 Å². The van der Waals surface area contributed by atoms with Crippen molar-refractivity contribution in [3.8, 4) is 11.4 Å². The van der Waals surface area contributed by atoms with Crippen molar-refractivity contribution in [2.75, 3.05) is 32.2 Å². The molecule has 0 aliphatic heterocycles. The Balaban J connectivity index is 1.83. The zero-order valence-electron chi connectivity index (χ0n) is 11.3. The maximum atomic E-state index is 11.6. The third-order valence-electron chi connectivity index (χ3n) is 2.61. The molecule has 20 heavy (non-hydrogen) atoms. The summed E-state index contributed by atoms with van der Waals surface area (Å²) in [6, 6.07) is 7.43. The van der Waals surface area contributed by atoms with Crippen molar-refractivity contribution >= 4 is 11.6 Å². The van der Waals surface area contributed by atoms with Gasteiger partial charge in [-0.2, -0.15) is 0 Å². The molecule has 2 N–H and O–H groups in total. The van der Waals surface area contributed by atoms with E-state index in [1.807, 2.05) is 24.3 Å². The molecular formula is C14H17N3O3. The predicted molar refractivity (Wildman–Crippen MR) is 75.3 cm³/mol. The Bertz CT molecular complexity index is 523. The summed E-state index contributed by atoms with van der Waals surface area (Å²) in [5.74, 6) is 0.609. The molecule has 6 heteroatoms. The average molecular weight is 275 g/mol. The van der Waals surface area contributed by atoms with Crippen LogP contribution in [0.4, 0.5) is 5.69 Å². The van der Waals surface area contributed by atoms with Crippen LogP contribution in [0.5, 0.6) is 0 Å². The van der Waals surface area contributed by atoms with Gasteiger partial charge >= 0.3 is 0 Å². The number of benzene rings is 1. The van der Waals surface area contributed by atoms with Crippen LogP contribution in [0.3, 0.4) is 0 Å². The molecule has 0 unspecified atom stereocenters. The lowest BCUT2D eigenvalue weighted by atomic mass is 10.2. The Labute approximate surface area is 117 Å². The van der Waals surface area contributed by atoms with Gasteiger partial charge in [-0.05, 0) is 24.3 Å². The van der Waals surface area contributed by atoms with Crippen molar-refractivity contribution in [3.05, 3.63) is 36.7 Å². The first-order valence-corrected chi connectivity index (χ1v) is 6.26. The molecule has 1 amide bonds. The number of aromatic amines is 1. The fourth-order valence-electron chi connectivity index (χ4n) is 1.64. The van der Waals surface area contributed by atoms with Gasteiger partial charge in [0.15, 0.2) is 0 Å². The Morgan fingerprint density at radius 1 is 1.30 bits per heavy atom. The maximum absolute atomic E-state index is 11.6. The van der Waals surface area contributed by atoms with Crippen LogP contribution in [0.2, 0.25) is 0 Å². The number of aromatic nitrogens is 2. The predicted octanol–water partition coefficient (Wildman–Crippen LogP) is 1.68. The topological polar surface area (TPSA) is 76.2 Å². The van der Waals surface area contributed by atoms with Gasteiger partial charge in [-0.1, -0.05) is 0 Å². The van der Waals surface area contributed by atoms with Crippen molar-refractivity contribution in [1.82, 2.24) is 9.97 Å². The van der Waals surface area contributed by atoms with Crippen LogP contribution in [0.15, 0.2) is 36.7 Å². The number of nitrogens with zero attached hydrogens (tertiary/aromatic N) is 1. The number of carbonyl (C=O) groups is 1. The number of rotatable bonds is 7. The number of nitrogens with one attached hydrogen (secondary N) is 2. The van der Waals surface area contributed by atoms with Crippen LogP contribution in [0, 0.1) is 0 Å². The van der Waals surface area contributed by atoms with Crippen molar-refractivity contribution in [1.29, 1.82) is 0 Å². The van der Waals surface area contributed by atoms with E-state index in [0.717, 1.165) is 17.1 Å². The van der Waals surface area contributed by atoms with E-state index in [1.54, 1.807) is 19.5 Å². The molecule has 1 aromatic heterocycles. The highest BCUT2D eigenvalue weighted by Gasteiger charge is 2.04. The summed E-state index contributed by atoms with van der Waals surface area (Å²) in [4.78, 5) is 18.8. The van der Waals surface area contributed by atoms with Gasteiger partial charge in [0.2, 0.25) is 5.91 Å². The lowest BCUT2D eigenvalue weighted by Gasteiger charge is -2.06. The zero-order chi connectivity index (χ0) is 14.2. The van der Waals surface area contributed by atoms with Gasteiger partial charge in [-0.3, -0.25) is 4.79 Å². The van der Waals surface area contributed by atoms with E-state index in [1.165, 1.54) is 0 Å². The first kappa shape index (κ1) is 14.2. The molecule has 0 radical (unpaired) electrons. The summed E-state index contributed by atoms with van der Waals surface area (Å²) in [6.45, 7) is 0.899. The Hall–Kier alpha value is -2.18. The molecule has 2 rings (SSSR count). The quantitative estimate of drug-likeness (QED) is 0.754. The number of amides is 1. The minimum atomic E-state index is -0.188. The number of carbonyl (C=O) groups excluding carboxylic acids is 1. The molecule has 0 spiro atoms. The summed E-state index contributed by atoms with van der Waals surface area (Å²) in [7, 11) is 1.59. The lowest BCUT2D eigenvalue weighted by molar-refractivity contribution is -0.121. The number of imidazole rings is 1. The van der Waals surface area contributed by atoms with Gasteiger partial charge in [-0.25, -0.2) is 4.98 Å². The van der Waals surface area contributed by atoms with Crippen LogP contribution in [-0.4, -0.2) is 42.8 Å². The third kappa shape index (κ3) is 4.18. The van der Waals surface area contributed by atoms with Gasteiger partial charge in [-0.15, -0.1) is 0 Å². The summed E-state index contributed by atoms with van der Waals surface area (Å²) in [6.07, 6.45) is 3.46. The van der Waals surface area contributed by atoms with Crippen LogP contribution >= 0.6 is 0 Å². The van der Waals surface area contributed by atoms with E-state index in [0.29, 0.717) is 13.2 Å². The second kappa shape index (κ2) is 7.42. The summed E-state index contributed by atoms with van der Waals surface area (Å²) >= 11 is 0. The van der Waals surface area contributed by atoms with Gasteiger partial charge in [0.05, 0.1) is 13.2 Å². The molecule has 0 saturated heterocycles. The molecule has 6 nitrogen and oxygen atoms in total. The maximum Gasteiger partial charge on any atom is 0.250 e. The summed E-state index contributed by atoms with van der Waals surface area (Å²) in [5.41, 5.74) is 1.69. The number of hydrogen-bond acceptors (Lipinski definition) is 4. The SMILES string of the molecule is COCCOCC(=O)Nc1ccc(-c2ncc[nH]2)cc1. The number of H-pyrrole nitrogens is 1. The largest absolute Gasteiger partial charge is 0.382 e. The van der Waals surface area contributed by atoms with Crippen LogP contribution in [0.25, 0.3) is 11.4 Å². The standard InChI is InChI=1S/C14H17N3O3/c1-19-8-9-20-10-13(18)17-12-4-2-11(3-5-12)14-15-6-7-16-14/h2-7H,8-10H2,1H3,(H,15,16)(H,17,18). The van der Waals surface area contributed by atoms with E-state index < -0.39 is 0 Å². The highest BCUT2D eigenvalue weighted by Crippen LogP contribution is 2.17. The van der Waals surface area contributed by atoms with E-state index in [-0.39, 0.29) is 12.5 Å². The monoisotopic (exact) mass is 275 g/mol. The molecular weight excluding hydrogens is 258 g/mol. The Morgan fingerprint density at radius 2 is 2.10 bits per heavy atom. The average Bonchev–Trinajstić information content (AvgIpc) is 2.99.